The van der Waals surface area contributed by atoms with E-state index in [0.29, 0.717) is 0 Å². The maximum atomic E-state index is 12.6. The molecule has 0 aliphatic heterocycles. The molecule has 0 unspecified atom stereocenters. The Balaban J connectivity index is 2.29. The van der Waals surface area contributed by atoms with Crippen LogP contribution in [0, 0.1) is 0 Å². The predicted molar refractivity (Wildman–Crippen MR) is 66.4 cm³/mol. The van der Waals surface area contributed by atoms with Crippen LogP contribution in [0.25, 0.3) is 0 Å². The number of alkyl halides is 2. The molecule has 1 nitrogen and oxygen atoms in total. The first-order chi connectivity index (χ1) is 7.43. The van der Waals surface area contributed by atoms with Gasteiger partial charge in [-0.3, -0.25) is 4.72 Å². The molecule has 1 rings (SSSR count). The summed E-state index contributed by atoms with van der Waals surface area (Å²) in [7, 11) is 0. The molecule has 0 bridgehead atoms. The molecular formula is C12H17F2NS. The summed E-state index contributed by atoms with van der Waals surface area (Å²) in [6, 6.07) is -0.0758. The third-order valence-corrected chi connectivity index (χ3v) is 3.31. The molecule has 16 heavy (non-hydrogen) atoms. The lowest BCUT2D eigenvalue weighted by molar-refractivity contribution is -0.0871. The zero-order valence-electron chi connectivity index (χ0n) is 9.59. The van der Waals surface area contributed by atoms with Gasteiger partial charge in [0.1, 0.15) is 0 Å². The van der Waals surface area contributed by atoms with Gasteiger partial charge in [-0.2, -0.15) is 0 Å². The van der Waals surface area contributed by atoms with Crippen LogP contribution in [0.4, 0.5) is 8.78 Å². The van der Waals surface area contributed by atoms with Crippen LogP contribution in [0.1, 0.15) is 26.7 Å². The summed E-state index contributed by atoms with van der Waals surface area (Å²) >= 11 is 1.40. The Morgan fingerprint density at radius 3 is 2.50 bits per heavy atom. The second-order valence-corrected chi connectivity index (χ2v) is 4.96. The van der Waals surface area contributed by atoms with Crippen molar-refractivity contribution in [1.82, 2.24) is 4.72 Å². The van der Waals surface area contributed by atoms with Gasteiger partial charge in [-0.15, -0.1) is 0 Å². The first-order valence-corrected chi connectivity index (χ1v) is 6.05. The molecular weight excluding hydrogens is 228 g/mol. The van der Waals surface area contributed by atoms with Crippen LogP contribution in [0.3, 0.4) is 0 Å². The fraction of sp³-hybridized carbons (Fsp3) is 0.500. The Hall–Kier alpha value is -0.610. The number of hydrogen-bond donors (Lipinski definition) is 1. The maximum Gasteiger partial charge on any atom is 0.251 e. The normalized spacial score (nSPS) is 21.1. The van der Waals surface area contributed by atoms with E-state index in [-0.39, 0.29) is 18.9 Å². The molecule has 0 saturated heterocycles. The molecule has 1 saturated carbocycles. The lowest BCUT2D eigenvalue weighted by Crippen LogP contribution is -2.46. The Bertz CT molecular complexity index is 313. The minimum atomic E-state index is -2.46. The second kappa shape index (κ2) is 5.64. The largest absolute Gasteiger partial charge is 0.256 e. The molecule has 0 atom stereocenters. The zero-order valence-corrected chi connectivity index (χ0v) is 10.4. The maximum absolute atomic E-state index is 12.6. The average molecular weight is 245 g/mol. The molecule has 0 amide bonds. The smallest absolute Gasteiger partial charge is 0.251 e. The molecule has 0 radical (unpaired) electrons. The summed E-state index contributed by atoms with van der Waals surface area (Å²) in [5.74, 6) is -2.46. The van der Waals surface area contributed by atoms with Crippen molar-refractivity contribution >= 4 is 11.9 Å². The molecule has 1 fully saturated rings. The van der Waals surface area contributed by atoms with Gasteiger partial charge in [0.05, 0.1) is 0 Å². The van der Waals surface area contributed by atoms with Gasteiger partial charge in [-0.05, 0) is 31.9 Å². The van der Waals surface area contributed by atoms with Crippen LogP contribution in [-0.4, -0.2) is 12.0 Å². The van der Waals surface area contributed by atoms with Gasteiger partial charge in [0, 0.05) is 23.8 Å². The van der Waals surface area contributed by atoms with Gasteiger partial charge < -0.3 is 0 Å². The fourth-order valence-electron chi connectivity index (χ4n) is 1.31. The highest BCUT2D eigenvalue weighted by molar-refractivity contribution is 8.01. The Kier molecular flexibility index (Phi) is 4.74. The fourth-order valence-corrected chi connectivity index (χ4v) is 2.03. The SMILES string of the molecule is C=C(C)/C=C\C(=C/C)SNC1CC(F)(F)C1. The van der Waals surface area contributed by atoms with Crippen molar-refractivity contribution in [3.8, 4) is 0 Å². The summed E-state index contributed by atoms with van der Waals surface area (Å²) in [5.41, 5.74) is 0.968. The first-order valence-electron chi connectivity index (χ1n) is 5.23. The molecule has 1 aliphatic carbocycles. The monoisotopic (exact) mass is 245 g/mol. The van der Waals surface area contributed by atoms with Crippen molar-refractivity contribution in [1.29, 1.82) is 0 Å². The minimum absolute atomic E-state index is 0.0544. The summed E-state index contributed by atoms with van der Waals surface area (Å²) in [6.45, 7) is 7.59. The van der Waals surface area contributed by atoms with Crippen LogP contribution in [0.2, 0.25) is 0 Å². The van der Waals surface area contributed by atoms with Crippen LogP contribution in [0.15, 0.2) is 35.3 Å². The van der Waals surface area contributed by atoms with Crippen molar-refractivity contribution in [3.63, 3.8) is 0 Å². The van der Waals surface area contributed by atoms with Crippen LogP contribution >= 0.6 is 11.9 Å². The van der Waals surface area contributed by atoms with Crippen molar-refractivity contribution in [3.05, 3.63) is 35.3 Å². The second-order valence-electron chi connectivity index (χ2n) is 4.05. The highest BCUT2D eigenvalue weighted by Crippen LogP contribution is 2.38. The molecule has 0 aromatic carbocycles. The number of rotatable bonds is 5. The Morgan fingerprint density at radius 2 is 2.06 bits per heavy atom. The Labute approximate surface area is 99.8 Å². The number of hydrogen-bond acceptors (Lipinski definition) is 2. The summed E-state index contributed by atoms with van der Waals surface area (Å²) < 4.78 is 28.2. The van der Waals surface area contributed by atoms with Gasteiger partial charge in [-0.1, -0.05) is 24.3 Å². The van der Waals surface area contributed by atoms with Crippen molar-refractivity contribution in [2.45, 2.75) is 38.7 Å². The van der Waals surface area contributed by atoms with E-state index < -0.39 is 5.92 Å². The van der Waals surface area contributed by atoms with Crippen molar-refractivity contribution in [2.75, 3.05) is 0 Å². The summed E-state index contributed by atoms with van der Waals surface area (Å²) in [5, 5.41) is 0. The minimum Gasteiger partial charge on any atom is -0.256 e. The van der Waals surface area contributed by atoms with Crippen molar-refractivity contribution < 1.29 is 8.78 Å². The summed E-state index contributed by atoms with van der Waals surface area (Å²) in [4.78, 5) is 1.01. The molecule has 0 aromatic rings. The van der Waals surface area contributed by atoms with Gasteiger partial charge in [0.25, 0.3) is 5.92 Å². The third kappa shape index (κ3) is 4.49. The standard InChI is InChI=1S/C12H17F2NS/c1-4-11(6-5-9(2)3)16-15-10-7-12(13,14)8-10/h4-6,10,15H,2,7-8H2,1,3H3/b6-5-,11-4+. The van der Waals surface area contributed by atoms with E-state index in [2.05, 4.69) is 11.3 Å². The van der Waals surface area contributed by atoms with Gasteiger partial charge in [0.15, 0.2) is 0 Å². The third-order valence-electron chi connectivity index (χ3n) is 2.25. The highest BCUT2D eigenvalue weighted by atomic mass is 32.2. The van der Waals surface area contributed by atoms with Crippen molar-refractivity contribution in [2.24, 2.45) is 0 Å². The molecule has 1 aliphatic rings. The van der Waals surface area contributed by atoms with E-state index in [0.717, 1.165) is 10.5 Å². The molecule has 1 N–H and O–H groups in total. The first kappa shape index (κ1) is 13.5. The lowest BCUT2D eigenvalue weighted by atomic mass is 9.89. The zero-order chi connectivity index (χ0) is 12.2. The van der Waals surface area contributed by atoms with Gasteiger partial charge in [0.2, 0.25) is 0 Å². The van der Waals surface area contributed by atoms with Crippen LogP contribution in [0.5, 0.6) is 0 Å². The van der Waals surface area contributed by atoms with E-state index >= 15 is 0 Å². The quantitative estimate of drug-likeness (QED) is 0.579. The summed E-state index contributed by atoms with van der Waals surface area (Å²) in [6.07, 6.45) is 5.66. The van der Waals surface area contributed by atoms with E-state index in [1.807, 2.05) is 32.1 Å². The van der Waals surface area contributed by atoms with E-state index in [9.17, 15) is 8.78 Å². The number of allylic oxidation sites excluding steroid dienone is 4. The van der Waals surface area contributed by atoms with E-state index in [1.165, 1.54) is 11.9 Å². The number of halogens is 2. The molecule has 0 aromatic heterocycles. The predicted octanol–water partition coefficient (Wildman–Crippen LogP) is 4.06. The average Bonchev–Trinajstić information content (AvgIpc) is 2.14. The van der Waals surface area contributed by atoms with Gasteiger partial charge >= 0.3 is 0 Å². The highest BCUT2D eigenvalue weighted by Gasteiger charge is 2.45. The van der Waals surface area contributed by atoms with Crippen LogP contribution in [-0.2, 0) is 0 Å². The molecule has 0 heterocycles. The van der Waals surface area contributed by atoms with E-state index in [4.69, 9.17) is 0 Å². The van der Waals surface area contributed by atoms with Crippen LogP contribution < -0.4 is 4.72 Å². The van der Waals surface area contributed by atoms with Gasteiger partial charge in [-0.25, -0.2) is 8.78 Å². The molecule has 0 spiro atoms. The number of nitrogens with one attached hydrogen (secondary N) is 1. The topological polar surface area (TPSA) is 12.0 Å². The molecule has 4 heteroatoms. The van der Waals surface area contributed by atoms with E-state index in [1.54, 1.807) is 0 Å². The Morgan fingerprint density at radius 1 is 1.44 bits per heavy atom. The molecule has 90 valence electrons. The lowest BCUT2D eigenvalue weighted by Gasteiger charge is -2.35.